The average Bonchev–Trinajstić information content (AvgIpc) is 2.26. The van der Waals surface area contributed by atoms with Gasteiger partial charge >= 0.3 is 0 Å². The van der Waals surface area contributed by atoms with Crippen molar-refractivity contribution in [2.45, 2.75) is 53.5 Å². The zero-order valence-corrected chi connectivity index (χ0v) is 14.0. The van der Waals surface area contributed by atoms with Crippen LogP contribution in [-0.4, -0.2) is 61.3 Å². The maximum atomic E-state index is 5.75. The molecule has 1 aliphatic heterocycles. The molecule has 0 amide bonds. The first-order chi connectivity index (χ1) is 8.68. The van der Waals surface area contributed by atoms with Crippen LogP contribution in [0.3, 0.4) is 0 Å². The minimum absolute atomic E-state index is 0.315. The normalized spacial score (nSPS) is 19.9. The van der Waals surface area contributed by atoms with Gasteiger partial charge < -0.3 is 4.74 Å². The largest absolute Gasteiger partial charge is 0.380 e. The second kappa shape index (κ2) is 7.05. The molecular formula is C16H34N2O. The summed E-state index contributed by atoms with van der Waals surface area (Å²) in [6, 6.07) is 0. The highest BCUT2D eigenvalue weighted by Crippen LogP contribution is 2.18. The predicted octanol–water partition coefficient (Wildman–Crippen LogP) is 2.86. The summed E-state index contributed by atoms with van der Waals surface area (Å²) in [5.41, 5.74) is 0.702. The first-order valence-corrected chi connectivity index (χ1v) is 7.74. The van der Waals surface area contributed by atoms with E-state index in [4.69, 9.17) is 4.74 Å². The van der Waals surface area contributed by atoms with Gasteiger partial charge in [0.25, 0.3) is 0 Å². The van der Waals surface area contributed by atoms with Crippen LogP contribution >= 0.6 is 0 Å². The molecule has 0 atom stereocenters. The van der Waals surface area contributed by atoms with Crippen molar-refractivity contribution >= 4 is 0 Å². The topological polar surface area (TPSA) is 15.7 Å². The van der Waals surface area contributed by atoms with E-state index in [1.807, 2.05) is 0 Å². The molecule has 0 aliphatic carbocycles. The highest BCUT2D eigenvalue weighted by atomic mass is 16.5. The van der Waals surface area contributed by atoms with E-state index in [9.17, 15) is 0 Å². The van der Waals surface area contributed by atoms with Crippen molar-refractivity contribution in [3.05, 3.63) is 0 Å². The minimum Gasteiger partial charge on any atom is -0.380 e. The van der Waals surface area contributed by atoms with E-state index in [1.54, 1.807) is 0 Å². The smallest absolute Gasteiger partial charge is 0.0593 e. The molecule has 0 bridgehead atoms. The fraction of sp³-hybridized carbons (Fsp3) is 1.00. The Morgan fingerprint density at radius 1 is 0.842 bits per heavy atom. The average molecular weight is 270 g/mol. The van der Waals surface area contributed by atoms with Crippen LogP contribution < -0.4 is 0 Å². The second-order valence-corrected chi connectivity index (χ2v) is 7.92. The van der Waals surface area contributed by atoms with Crippen molar-refractivity contribution in [1.82, 2.24) is 9.80 Å². The van der Waals surface area contributed by atoms with Crippen molar-refractivity contribution in [3.8, 4) is 0 Å². The van der Waals surface area contributed by atoms with Gasteiger partial charge in [-0.3, -0.25) is 9.80 Å². The van der Waals surface area contributed by atoms with Crippen LogP contribution in [0.2, 0.25) is 0 Å². The third-order valence-corrected chi connectivity index (χ3v) is 3.87. The van der Waals surface area contributed by atoms with E-state index in [1.165, 1.54) is 26.2 Å². The lowest BCUT2D eigenvalue weighted by atomic mass is 9.93. The van der Waals surface area contributed by atoms with Crippen molar-refractivity contribution < 1.29 is 4.74 Å². The van der Waals surface area contributed by atoms with Gasteiger partial charge in [-0.25, -0.2) is 0 Å². The molecule has 0 N–H and O–H groups in total. The molecule has 0 aromatic rings. The monoisotopic (exact) mass is 270 g/mol. The summed E-state index contributed by atoms with van der Waals surface area (Å²) in [5.74, 6) is 0. The van der Waals surface area contributed by atoms with Gasteiger partial charge in [-0.05, 0) is 32.6 Å². The van der Waals surface area contributed by atoms with Gasteiger partial charge in [0, 0.05) is 44.9 Å². The Labute approximate surface area is 120 Å². The Balaban J connectivity index is 2.07. The van der Waals surface area contributed by atoms with E-state index in [0.717, 1.165) is 26.2 Å². The Morgan fingerprint density at radius 3 is 1.89 bits per heavy atom. The van der Waals surface area contributed by atoms with Crippen LogP contribution in [-0.2, 0) is 4.74 Å². The van der Waals surface area contributed by atoms with Gasteiger partial charge in [-0.1, -0.05) is 20.8 Å². The predicted molar refractivity (Wildman–Crippen MR) is 82.7 cm³/mol. The number of rotatable bonds is 5. The Kier molecular flexibility index (Phi) is 6.28. The summed E-state index contributed by atoms with van der Waals surface area (Å²) in [7, 11) is 0. The van der Waals surface area contributed by atoms with Crippen LogP contribution in [0.15, 0.2) is 0 Å². The Morgan fingerprint density at radius 2 is 1.42 bits per heavy atom. The standard InChI is InChI=1S/C16H34N2O/c1-15(2,3)7-13-19-14-12-17-8-10-18(11-9-17)16(4,5)6/h7-14H2,1-6H3. The third-order valence-electron chi connectivity index (χ3n) is 3.87. The van der Waals surface area contributed by atoms with Crippen molar-refractivity contribution in [2.75, 3.05) is 45.9 Å². The Bertz CT molecular complexity index is 244. The molecule has 1 rings (SSSR count). The van der Waals surface area contributed by atoms with Crippen molar-refractivity contribution in [3.63, 3.8) is 0 Å². The lowest BCUT2D eigenvalue weighted by molar-refractivity contribution is 0.0376. The van der Waals surface area contributed by atoms with Crippen LogP contribution in [0.4, 0.5) is 0 Å². The fourth-order valence-electron chi connectivity index (χ4n) is 2.32. The van der Waals surface area contributed by atoms with Gasteiger partial charge in [-0.15, -0.1) is 0 Å². The summed E-state index contributed by atoms with van der Waals surface area (Å²) < 4.78 is 5.75. The van der Waals surface area contributed by atoms with Crippen LogP contribution in [0.5, 0.6) is 0 Å². The summed E-state index contributed by atoms with van der Waals surface area (Å²) in [6.45, 7) is 21.3. The number of hydrogen-bond acceptors (Lipinski definition) is 3. The molecule has 1 heterocycles. The lowest BCUT2D eigenvalue weighted by Gasteiger charge is -2.42. The highest BCUT2D eigenvalue weighted by molar-refractivity contribution is 4.81. The van der Waals surface area contributed by atoms with Crippen LogP contribution in [0.25, 0.3) is 0 Å². The zero-order chi connectivity index (χ0) is 14.5. The number of hydrogen-bond donors (Lipinski definition) is 0. The molecule has 1 saturated heterocycles. The molecule has 0 unspecified atom stereocenters. The molecule has 0 aromatic carbocycles. The zero-order valence-electron chi connectivity index (χ0n) is 14.0. The molecule has 3 heteroatoms. The van der Waals surface area contributed by atoms with E-state index < -0.39 is 0 Å². The number of piperazine rings is 1. The van der Waals surface area contributed by atoms with Crippen LogP contribution in [0, 0.1) is 5.41 Å². The summed E-state index contributed by atoms with van der Waals surface area (Å²) in [6.07, 6.45) is 1.14. The quantitative estimate of drug-likeness (QED) is 0.715. The molecule has 0 spiro atoms. The fourth-order valence-corrected chi connectivity index (χ4v) is 2.32. The van der Waals surface area contributed by atoms with Gasteiger partial charge in [0.05, 0.1) is 6.61 Å². The maximum absolute atomic E-state index is 5.75. The SMILES string of the molecule is CC(C)(C)CCOCCN1CCN(C(C)(C)C)CC1. The summed E-state index contributed by atoms with van der Waals surface area (Å²) >= 11 is 0. The van der Waals surface area contributed by atoms with E-state index in [0.29, 0.717) is 11.0 Å². The molecule has 0 aromatic heterocycles. The maximum Gasteiger partial charge on any atom is 0.0593 e. The van der Waals surface area contributed by atoms with E-state index in [-0.39, 0.29) is 0 Å². The molecule has 3 nitrogen and oxygen atoms in total. The van der Waals surface area contributed by atoms with Gasteiger partial charge in [0.2, 0.25) is 0 Å². The van der Waals surface area contributed by atoms with Gasteiger partial charge in [0.1, 0.15) is 0 Å². The van der Waals surface area contributed by atoms with E-state index in [2.05, 4.69) is 51.3 Å². The van der Waals surface area contributed by atoms with Crippen molar-refractivity contribution in [2.24, 2.45) is 5.41 Å². The molecule has 0 radical (unpaired) electrons. The first-order valence-electron chi connectivity index (χ1n) is 7.74. The number of ether oxygens (including phenoxy) is 1. The van der Waals surface area contributed by atoms with Gasteiger partial charge in [-0.2, -0.15) is 0 Å². The van der Waals surface area contributed by atoms with Crippen molar-refractivity contribution in [1.29, 1.82) is 0 Å². The number of nitrogens with zero attached hydrogens (tertiary/aromatic N) is 2. The molecule has 0 saturated carbocycles. The molecule has 19 heavy (non-hydrogen) atoms. The van der Waals surface area contributed by atoms with E-state index >= 15 is 0 Å². The summed E-state index contributed by atoms with van der Waals surface area (Å²) in [4.78, 5) is 5.10. The highest BCUT2D eigenvalue weighted by Gasteiger charge is 2.25. The molecular weight excluding hydrogens is 236 g/mol. The van der Waals surface area contributed by atoms with Crippen LogP contribution in [0.1, 0.15) is 48.0 Å². The second-order valence-electron chi connectivity index (χ2n) is 7.92. The lowest BCUT2D eigenvalue weighted by Crippen LogP contribution is -2.53. The third kappa shape index (κ3) is 7.28. The minimum atomic E-state index is 0.315. The molecule has 114 valence electrons. The van der Waals surface area contributed by atoms with Gasteiger partial charge in [0.15, 0.2) is 0 Å². The summed E-state index contributed by atoms with van der Waals surface area (Å²) in [5, 5.41) is 0. The Hall–Kier alpha value is -0.120. The molecule has 1 aliphatic rings. The molecule has 1 fully saturated rings. The first kappa shape index (κ1) is 16.9.